The summed E-state index contributed by atoms with van der Waals surface area (Å²) in [6.45, 7) is 1.06. The maximum atomic E-state index is 10.8. The minimum absolute atomic E-state index is 0.163. The van der Waals surface area contributed by atoms with Crippen molar-refractivity contribution in [1.29, 1.82) is 0 Å². The van der Waals surface area contributed by atoms with Gasteiger partial charge in [-0.3, -0.25) is 27.3 Å². The molecular weight excluding hydrogens is 132 g/mol. The van der Waals surface area contributed by atoms with E-state index in [-0.39, 0.29) is 5.78 Å². The van der Waals surface area contributed by atoms with Gasteiger partial charge in [0.2, 0.25) is 0 Å². The number of ketones is 1. The lowest BCUT2D eigenvalue weighted by Crippen LogP contribution is -2.28. The van der Waals surface area contributed by atoms with Crippen LogP contribution in [0.2, 0.25) is 0 Å². The van der Waals surface area contributed by atoms with Crippen molar-refractivity contribution < 1.29 is 4.79 Å². The van der Waals surface area contributed by atoms with Crippen molar-refractivity contribution in [3.63, 3.8) is 0 Å². The van der Waals surface area contributed by atoms with Gasteiger partial charge in [0.25, 0.3) is 0 Å². The quantitative estimate of drug-likeness (QED) is 0.264. The number of carbonyl (C=O) groups is 1. The number of hydrogen-bond acceptors (Lipinski definition) is 5. The van der Waals surface area contributed by atoms with Gasteiger partial charge in [0.1, 0.15) is 5.78 Å². The molecule has 5 nitrogen and oxygen atoms in total. The molecule has 0 atom stereocenters. The van der Waals surface area contributed by atoms with Crippen LogP contribution in [0.1, 0.15) is 12.8 Å². The molecule has 6 N–H and O–H groups in total. The van der Waals surface area contributed by atoms with Gasteiger partial charge in [-0.2, -0.15) is 0 Å². The van der Waals surface area contributed by atoms with Crippen molar-refractivity contribution in [2.75, 3.05) is 13.1 Å². The van der Waals surface area contributed by atoms with E-state index < -0.39 is 0 Å². The lowest BCUT2D eigenvalue weighted by Gasteiger charge is -1.98. The average molecular weight is 146 g/mol. The Morgan fingerprint density at radius 2 is 1.50 bits per heavy atom. The highest BCUT2D eigenvalue weighted by Gasteiger charge is 1.98. The van der Waals surface area contributed by atoms with E-state index in [1.807, 2.05) is 0 Å². The van der Waals surface area contributed by atoms with Crippen LogP contribution in [0.5, 0.6) is 0 Å². The molecule has 0 aromatic rings. The van der Waals surface area contributed by atoms with Crippen LogP contribution in [-0.4, -0.2) is 18.9 Å². The molecule has 60 valence electrons. The van der Waals surface area contributed by atoms with Crippen molar-refractivity contribution in [2.24, 2.45) is 11.7 Å². The Kier molecular flexibility index (Phi) is 6.30. The Morgan fingerprint density at radius 1 is 1.10 bits per heavy atom. The van der Waals surface area contributed by atoms with Crippen molar-refractivity contribution in [3.05, 3.63) is 0 Å². The molecule has 0 aromatic carbocycles. The lowest BCUT2D eigenvalue weighted by molar-refractivity contribution is -0.118. The third-order valence-electron chi connectivity index (χ3n) is 1.10. The van der Waals surface area contributed by atoms with Crippen LogP contribution in [0, 0.1) is 0 Å². The van der Waals surface area contributed by atoms with Crippen molar-refractivity contribution in [3.8, 4) is 0 Å². The van der Waals surface area contributed by atoms with Gasteiger partial charge in [-0.1, -0.05) is 0 Å². The first-order valence-corrected chi connectivity index (χ1v) is 3.20. The molecule has 0 rings (SSSR count). The topological polar surface area (TPSA) is 93.2 Å². The smallest absolute Gasteiger partial charge is 0.135 e. The highest BCUT2D eigenvalue weighted by atomic mass is 16.1. The van der Waals surface area contributed by atoms with Crippen LogP contribution >= 0.6 is 0 Å². The van der Waals surface area contributed by atoms with E-state index in [2.05, 4.69) is 10.9 Å². The first-order valence-electron chi connectivity index (χ1n) is 3.20. The molecule has 0 radical (unpaired) electrons. The third-order valence-corrected chi connectivity index (χ3v) is 1.10. The molecule has 0 aliphatic rings. The molecule has 0 aliphatic carbocycles. The summed E-state index contributed by atoms with van der Waals surface area (Å²) in [4.78, 5) is 10.8. The summed E-state index contributed by atoms with van der Waals surface area (Å²) in [5.74, 6) is 10.1. The lowest BCUT2D eigenvalue weighted by atomic mass is 10.2. The second kappa shape index (κ2) is 6.63. The fourth-order valence-electron chi connectivity index (χ4n) is 0.548. The van der Waals surface area contributed by atoms with Gasteiger partial charge < -0.3 is 0 Å². The molecule has 5 heteroatoms. The second-order valence-corrected chi connectivity index (χ2v) is 1.95. The average Bonchev–Trinajstić information content (AvgIpc) is 1.97. The molecule has 0 fully saturated rings. The van der Waals surface area contributed by atoms with E-state index in [1.54, 1.807) is 0 Å². The molecule has 0 amide bonds. The molecule has 0 aliphatic heterocycles. The standard InChI is InChI=1S/C5H14N4O/c6-8-3-1-5(10)2-4-9-7/h8-9H,1-4,6-7H2. The van der Waals surface area contributed by atoms with Gasteiger partial charge in [0.05, 0.1) is 0 Å². The van der Waals surface area contributed by atoms with E-state index in [4.69, 9.17) is 11.7 Å². The summed E-state index contributed by atoms with van der Waals surface area (Å²) >= 11 is 0. The van der Waals surface area contributed by atoms with Gasteiger partial charge >= 0.3 is 0 Å². The minimum Gasteiger partial charge on any atom is -0.300 e. The zero-order valence-electron chi connectivity index (χ0n) is 5.89. The Bertz CT molecular complexity index is 85.6. The normalized spacial score (nSPS) is 9.80. The number of hydrazine groups is 2. The number of hydrogen-bond donors (Lipinski definition) is 4. The summed E-state index contributed by atoms with van der Waals surface area (Å²) in [6, 6.07) is 0. The largest absolute Gasteiger partial charge is 0.300 e. The summed E-state index contributed by atoms with van der Waals surface area (Å²) in [6.07, 6.45) is 0.941. The molecule has 0 heterocycles. The van der Waals surface area contributed by atoms with E-state index in [1.165, 1.54) is 0 Å². The number of Topliss-reactive ketones (excluding diaryl/α,β-unsaturated/α-hetero) is 1. The van der Waals surface area contributed by atoms with Gasteiger partial charge in [-0.15, -0.1) is 0 Å². The number of nitrogens with two attached hydrogens (primary N) is 2. The molecule has 10 heavy (non-hydrogen) atoms. The molecule has 0 saturated heterocycles. The fourth-order valence-corrected chi connectivity index (χ4v) is 0.548. The molecule has 0 bridgehead atoms. The number of rotatable bonds is 6. The number of nitrogens with one attached hydrogen (secondary N) is 2. The highest BCUT2D eigenvalue weighted by Crippen LogP contribution is 1.85. The Hall–Kier alpha value is -0.490. The fraction of sp³-hybridized carbons (Fsp3) is 0.800. The van der Waals surface area contributed by atoms with Crippen molar-refractivity contribution in [2.45, 2.75) is 12.8 Å². The van der Waals surface area contributed by atoms with Crippen LogP contribution in [0.15, 0.2) is 0 Å². The predicted molar refractivity (Wildman–Crippen MR) is 38.6 cm³/mol. The van der Waals surface area contributed by atoms with Crippen LogP contribution in [0.25, 0.3) is 0 Å². The maximum Gasteiger partial charge on any atom is 0.135 e. The van der Waals surface area contributed by atoms with E-state index in [0.717, 1.165) is 0 Å². The maximum absolute atomic E-state index is 10.8. The van der Waals surface area contributed by atoms with Crippen molar-refractivity contribution in [1.82, 2.24) is 10.9 Å². The summed E-state index contributed by atoms with van der Waals surface area (Å²) in [7, 11) is 0. The highest BCUT2D eigenvalue weighted by molar-refractivity contribution is 5.78. The summed E-state index contributed by atoms with van der Waals surface area (Å²) in [5.41, 5.74) is 4.81. The molecule has 0 saturated carbocycles. The van der Waals surface area contributed by atoms with Crippen LogP contribution in [0.4, 0.5) is 0 Å². The molecule has 0 spiro atoms. The van der Waals surface area contributed by atoms with Gasteiger partial charge in [-0.25, -0.2) is 0 Å². The zero-order chi connectivity index (χ0) is 7.82. The Morgan fingerprint density at radius 3 is 1.80 bits per heavy atom. The SMILES string of the molecule is NNCCC(=O)CCNN. The third kappa shape index (κ3) is 5.64. The number of carbonyl (C=O) groups excluding carboxylic acids is 1. The molecule has 0 aromatic heterocycles. The van der Waals surface area contributed by atoms with Gasteiger partial charge in [0, 0.05) is 25.9 Å². The first kappa shape index (κ1) is 9.51. The Labute approximate surface area is 60.1 Å². The van der Waals surface area contributed by atoms with E-state index in [0.29, 0.717) is 25.9 Å². The predicted octanol–water partition coefficient (Wildman–Crippen LogP) is -1.74. The van der Waals surface area contributed by atoms with E-state index in [9.17, 15) is 4.79 Å². The zero-order valence-corrected chi connectivity index (χ0v) is 5.89. The van der Waals surface area contributed by atoms with Crippen molar-refractivity contribution >= 4 is 5.78 Å². The first-order chi connectivity index (χ1) is 4.81. The molecular formula is C5H14N4O. The summed E-state index contributed by atoms with van der Waals surface area (Å²) in [5, 5.41) is 0. The molecule has 0 unspecified atom stereocenters. The summed E-state index contributed by atoms with van der Waals surface area (Å²) < 4.78 is 0. The van der Waals surface area contributed by atoms with E-state index >= 15 is 0 Å². The van der Waals surface area contributed by atoms with Crippen LogP contribution in [-0.2, 0) is 4.79 Å². The van der Waals surface area contributed by atoms with Gasteiger partial charge in [0.15, 0.2) is 0 Å². The van der Waals surface area contributed by atoms with Crippen LogP contribution in [0.3, 0.4) is 0 Å². The van der Waals surface area contributed by atoms with Gasteiger partial charge in [-0.05, 0) is 0 Å². The monoisotopic (exact) mass is 146 g/mol. The second-order valence-electron chi connectivity index (χ2n) is 1.95. The van der Waals surface area contributed by atoms with Crippen LogP contribution < -0.4 is 22.5 Å². The minimum atomic E-state index is 0.163. The Balaban J connectivity index is 3.09.